The van der Waals surface area contributed by atoms with Crippen molar-refractivity contribution in [1.82, 2.24) is 4.90 Å². The van der Waals surface area contributed by atoms with Gasteiger partial charge < -0.3 is 4.90 Å². The Morgan fingerprint density at radius 3 is 2.24 bits per heavy atom. The second-order valence-corrected chi connectivity index (χ2v) is 8.88. The lowest BCUT2D eigenvalue weighted by molar-refractivity contribution is -0.135. The number of nitrogens with zero attached hydrogens (tertiary/aromatic N) is 1. The van der Waals surface area contributed by atoms with Crippen LogP contribution < -0.4 is 0 Å². The molecule has 1 aliphatic heterocycles. The van der Waals surface area contributed by atoms with Crippen LogP contribution in [0.15, 0.2) is 0 Å². The van der Waals surface area contributed by atoms with E-state index in [4.69, 9.17) is 0 Å². The maximum atomic E-state index is 12.5. The highest BCUT2D eigenvalue weighted by molar-refractivity contribution is 6.41. The van der Waals surface area contributed by atoms with Crippen molar-refractivity contribution in [3.63, 3.8) is 0 Å². The fourth-order valence-corrected chi connectivity index (χ4v) is 3.69. The van der Waals surface area contributed by atoms with Crippen molar-refractivity contribution in [3.8, 4) is 0 Å². The lowest BCUT2D eigenvalue weighted by Crippen LogP contribution is -2.49. The largest absolute Gasteiger partial charge is 0.339 e. The molecule has 0 aromatic heterocycles. The van der Waals surface area contributed by atoms with Crippen molar-refractivity contribution in [2.75, 3.05) is 6.54 Å². The molecule has 1 amide bonds. The first-order valence-corrected chi connectivity index (χ1v) is 8.68. The van der Waals surface area contributed by atoms with Gasteiger partial charge in [0.1, 0.15) is 7.28 Å². The van der Waals surface area contributed by atoms with Crippen molar-refractivity contribution >= 4 is 13.2 Å². The minimum atomic E-state index is 0.127. The van der Waals surface area contributed by atoms with Gasteiger partial charge in [-0.2, -0.15) is 0 Å². The zero-order valence-electron chi connectivity index (χ0n) is 15.3. The Hall–Kier alpha value is -0.465. The molecule has 121 valence electrons. The minimum absolute atomic E-state index is 0.127. The summed E-state index contributed by atoms with van der Waals surface area (Å²) in [6.45, 7) is 16.9. The van der Waals surface area contributed by atoms with Crippen LogP contribution in [0.25, 0.3) is 0 Å². The van der Waals surface area contributed by atoms with Gasteiger partial charge in [-0.3, -0.25) is 4.79 Å². The fourth-order valence-electron chi connectivity index (χ4n) is 3.69. The average molecular weight is 292 g/mol. The van der Waals surface area contributed by atoms with E-state index in [1.54, 1.807) is 0 Å². The van der Waals surface area contributed by atoms with Crippen LogP contribution in [0.5, 0.6) is 0 Å². The minimum Gasteiger partial charge on any atom is -0.339 e. The maximum absolute atomic E-state index is 12.5. The molecule has 0 aliphatic carbocycles. The third-order valence-corrected chi connectivity index (χ3v) is 4.49. The first kappa shape index (κ1) is 18.6. The molecule has 21 heavy (non-hydrogen) atoms. The van der Waals surface area contributed by atoms with Crippen molar-refractivity contribution in [1.29, 1.82) is 0 Å². The van der Waals surface area contributed by atoms with Gasteiger partial charge in [-0.1, -0.05) is 66.0 Å². The Morgan fingerprint density at radius 2 is 1.71 bits per heavy atom. The Balaban J connectivity index is 2.92. The molecule has 1 heterocycles. The summed E-state index contributed by atoms with van der Waals surface area (Å²) in [7, 11) is 2.44. The van der Waals surface area contributed by atoms with Crippen LogP contribution in [-0.4, -0.2) is 30.7 Å². The smallest absolute Gasteiger partial charge is 0.222 e. The van der Waals surface area contributed by atoms with E-state index >= 15 is 0 Å². The molecule has 0 aromatic carbocycles. The maximum Gasteiger partial charge on any atom is 0.222 e. The van der Waals surface area contributed by atoms with Gasteiger partial charge in [0.05, 0.1) is 0 Å². The van der Waals surface area contributed by atoms with Gasteiger partial charge in [-0.15, -0.1) is 0 Å². The first-order chi connectivity index (χ1) is 9.53. The van der Waals surface area contributed by atoms with Crippen molar-refractivity contribution in [2.24, 2.45) is 5.41 Å². The van der Waals surface area contributed by atoms with Crippen LogP contribution in [0, 0.1) is 5.41 Å². The summed E-state index contributed by atoms with van der Waals surface area (Å²) in [4.78, 5) is 14.7. The molecule has 0 bridgehead atoms. The molecule has 1 atom stereocenters. The molecule has 1 saturated heterocycles. The molecule has 0 N–H and O–H groups in total. The lowest BCUT2D eigenvalue weighted by atomic mass is 9.45. The Kier molecular flexibility index (Phi) is 6.37. The van der Waals surface area contributed by atoms with E-state index in [-0.39, 0.29) is 10.7 Å². The average Bonchev–Trinajstić information content (AvgIpc) is 2.48. The number of hydrogen-bond donors (Lipinski definition) is 0. The van der Waals surface area contributed by atoms with Gasteiger partial charge in [0.25, 0.3) is 0 Å². The summed E-state index contributed by atoms with van der Waals surface area (Å²) < 4.78 is 0. The van der Waals surface area contributed by atoms with Crippen LogP contribution in [0.4, 0.5) is 0 Å². The zero-order chi connectivity index (χ0) is 16.3. The number of amides is 1. The van der Waals surface area contributed by atoms with E-state index in [9.17, 15) is 4.79 Å². The molecule has 1 aliphatic rings. The molecule has 3 heteroatoms. The molecule has 1 fully saturated rings. The summed E-state index contributed by atoms with van der Waals surface area (Å²) in [5.41, 5.74) is 0.127. The summed E-state index contributed by atoms with van der Waals surface area (Å²) in [5, 5.41) is 0.165. The summed E-state index contributed by atoms with van der Waals surface area (Å²) in [6, 6.07) is 0.327. The normalized spacial score (nSPS) is 19.6. The van der Waals surface area contributed by atoms with E-state index in [0.717, 1.165) is 32.2 Å². The van der Waals surface area contributed by atoms with Crippen LogP contribution in [0.2, 0.25) is 11.1 Å². The predicted molar refractivity (Wildman–Crippen MR) is 92.9 cm³/mol. The van der Waals surface area contributed by atoms with Gasteiger partial charge >= 0.3 is 0 Å². The van der Waals surface area contributed by atoms with Crippen molar-refractivity contribution in [3.05, 3.63) is 0 Å². The molecule has 1 radical (unpaired) electrons. The quantitative estimate of drug-likeness (QED) is 0.658. The second-order valence-electron chi connectivity index (χ2n) is 8.88. The number of rotatable bonds is 5. The number of hydrogen-bond acceptors (Lipinski definition) is 1. The van der Waals surface area contributed by atoms with Crippen molar-refractivity contribution in [2.45, 2.75) is 97.7 Å². The monoisotopic (exact) mass is 292 g/mol. The molecule has 1 unspecified atom stereocenters. The zero-order valence-corrected chi connectivity index (χ0v) is 15.3. The number of likely N-dealkylation sites (tertiary alicyclic amines) is 1. The molecule has 0 aromatic rings. The Labute approximate surface area is 133 Å². The summed E-state index contributed by atoms with van der Waals surface area (Å²) in [6.07, 6.45) is 5.21. The van der Waals surface area contributed by atoms with Gasteiger partial charge in [-0.05, 0) is 24.7 Å². The molecule has 0 saturated carbocycles. The molecule has 1 rings (SSSR count). The standard InChI is InChI=1S/C18H35BNO/c1-14(2)19-18(6,7)13-15(17(3,4)5)20-12-10-8-9-11-16(20)21/h14-15H,8-13H2,1-7H3. The molecule has 2 nitrogen and oxygen atoms in total. The van der Waals surface area contributed by atoms with E-state index in [0.29, 0.717) is 17.8 Å². The predicted octanol–water partition coefficient (Wildman–Crippen LogP) is 4.92. The number of carbonyl (C=O) groups is 1. The van der Waals surface area contributed by atoms with Gasteiger partial charge in [-0.25, -0.2) is 0 Å². The van der Waals surface area contributed by atoms with Gasteiger partial charge in [0.15, 0.2) is 0 Å². The van der Waals surface area contributed by atoms with Crippen LogP contribution in [0.1, 0.15) is 80.6 Å². The van der Waals surface area contributed by atoms with Crippen LogP contribution in [-0.2, 0) is 4.79 Å². The van der Waals surface area contributed by atoms with Crippen LogP contribution >= 0.6 is 0 Å². The highest BCUT2D eigenvalue weighted by atomic mass is 16.2. The Bertz CT molecular complexity index is 344. The number of carbonyl (C=O) groups excluding carboxylic acids is 1. The van der Waals surface area contributed by atoms with E-state index in [1.807, 2.05) is 0 Å². The van der Waals surface area contributed by atoms with Crippen molar-refractivity contribution < 1.29 is 4.79 Å². The molecular weight excluding hydrogens is 257 g/mol. The highest BCUT2D eigenvalue weighted by Gasteiger charge is 2.37. The third-order valence-electron chi connectivity index (χ3n) is 4.49. The lowest BCUT2D eigenvalue weighted by Gasteiger charge is -2.44. The summed E-state index contributed by atoms with van der Waals surface area (Å²) >= 11 is 0. The fraction of sp³-hybridized carbons (Fsp3) is 0.944. The first-order valence-electron chi connectivity index (χ1n) is 8.68. The van der Waals surface area contributed by atoms with Gasteiger partial charge in [0, 0.05) is 19.0 Å². The summed E-state index contributed by atoms with van der Waals surface area (Å²) in [5.74, 6) is 0.952. The van der Waals surface area contributed by atoms with Gasteiger partial charge in [0.2, 0.25) is 5.91 Å². The third kappa shape index (κ3) is 6.04. The topological polar surface area (TPSA) is 20.3 Å². The SMILES string of the molecule is CC(C)[B]C(C)(C)CC(N1CCCCCC1=O)C(C)(C)C. The molecular formula is C18H35BNO. The van der Waals surface area contributed by atoms with E-state index in [2.05, 4.69) is 60.6 Å². The second kappa shape index (κ2) is 7.20. The Morgan fingerprint density at radius 1 is 1.10 bits per heavy atom. The van der Waals surface area contributed by atoms with Crippen LogP contribution in [0.3, 0.4) is 0 Å². The van der Waals surface area contributed by atoms with E-state index < -0.39 is 0 Å². The highest BCUT2D eigenvalue weighted by Crippen LogP contribution is 2.40. The van der Waals surface area contributed by atoms with E-state index in [1.165, 1.54) is 6.42 Å². The molecule has 0 spiro atoms.